The number of carbonyl (C=O) groups is 2. The Labute approximate surface area is 89.0 Å². The van der Waals surface area contributed by atoms with Crippen LogP contribution in [0.3, 0.4) is 0 Å². The van der Waals surface area contributed by atoms with Gasteiger partial charge >= 0.3 is 0 Å². The van der Waals surface area contributed by atoms with Crippen LogP contribution in [0.4, 0.5) is 5.69 Å². The van der Waals surface area contributed by atoms with E-state index in [0.29, 0.717) is 13.0 Å². The third kappa shape index (κ3) is 3.06. The number of anilines is 1. The number of benzene rings is 1. The molecular weight excluding hydrogens is 190 g/mol. The molecule has 1 aromatic carbocycles. The summed E-state index contributed by atoms with van der Waals surface area (Å²) in [7, 11) is 0. The predicted molar refractivity (Wildman–Crippen MR) is 59.7 cm³/mol. The van der Waals surface area contributed by atoms with Crippen molar-refractivity contribution in [2.45, 2.75) is 6.42 Å². The van der Waals surface area contributed by atoms with Crippen LogP contribution in [0, 0.1) is 0 Å². The summed E-state index contributed by atoms with van der Waals surface area (Å²) in [5.41, 5.74) is 0.782. The van der Waals surface area contributed by atoms with Crippen LogP contribution < -0.4 is 4.90 Å². The van der Waals surface area contributed by atoms with Gasteiger partial charge in [-0.05, 0) is 18.2 Å². The smallest absolute Gasteiger partial charge is 0.250 e. The molecule has 0 atom stereocenters. The Morgan fingerprint density at radius 1 is 1.33 bits per heavy atom. The van der Waals surface area contributed by atoms with E-state index in [2.05, 4.69) is 6.58 Å². The van der Waals surface area contributed by atoms with E-state index in [4.69, 9.17) is 0 Å². The van der Waals surface area contributed by atoms with E-state index in [-0.39, 0.29) is 5.91 Å². The van der Waals surface area contributed by atoms with Crippen molar-refractivity contribution in [2.24, 2.45) is 0 Å². The minimum atomic E-state index is -0.192. The van der Waals surface area contributed by atoms with Gasteiger partial charge in [0.25, 0.3) is 0 Å². The maximum atomic E-state index is 11.5. The first-order valence-electron chi connectivity index (χ1n) is 4.72. The fourth-order valence-electron chi connectivity index (χ4n) is 1.27. The lowest BCUT2D eigenvalue weighted by Gasteiger charge is -2.19. The van der Waals surface area contributed by atoms with Gasteiger partial charge in [0.15, 0.2) is 0 Å². The minimum absolute atomic E-state index is 0.192. The summed E-state index contributed by atoms with van der Waals surface area (Å²) < 4.78 is 0. The molecule has 0 saturated heterocycles. The molecule has 0 aromatic heterocycles. The van der Waals surface area contributed by atoms with Crippen LogP contribution in [0.1, 0.15) is 6.42 Å². The molecule has 0 aliphatic rings. The van der Waals surface area contributed by atoms with Crippen molar-refractivity contribution in [3.63, 3.8) is 0 Å². The predicted octanol–water partition coefficient (Wildman–Crippen LogP) is 1.79. The van der Waals surface area contributed by atoms with Crippen molar-refractivity contribution < 1.29 is 9.59 Å². The van der Waals surface area contributed by atoms with E-state index in [1.165, 1.54) is 11.0 Å². The molecule has 78 valence electrons. The van der Waals surface area contributed by atoms with Gasteiger partial charge in [0, 0.05) is 18.7 Å². The van der Waals surface area contributed by atoms with E-state index in [1.807, 2.05) is 30.3 Å². The Morgan fingerprint density at radius 3 is 2.53 bits per heavy atom. The second kappa shape index (κ2) is 5.75. The van der Waals surface area contributed by atoms with E-state index >= 15 is 0 Å². The van der Waals surface area contributed by atoms with Crippen molar-refractivity contribution >= 4 is 17.9 Å². The molecule has 0 aliphatic heterocycles. The summed E-state index contributed by atoms with van der Waals surface area (Å²) in [6.45, 7) is 3.82. The number of carbonyl (C=O) groups excluding carboxylic acids is 2. The summed E-state index contributed by atoms with van der Waals surface area (Å²) in [5, 5.41) is 0. The summed E-state index contributed by atoms with van der Waals surface area (Å²) in [6.07, 6.45) is 2.37. The molecule has 0 N–H and O–H groups in total. The molecule has 15 heavy (non-hydrogen) atoms. The maximum Gasteiger partial charge on any atom is 0.250 e. The third-order valence-electron chi connectivity index (χ3n) is 1.98. The summed E-state index contributed by atoms with van der Waals surface area (Å²) in [5.74, 6) is -0.192. The molecule has 0 spiro atoms. The second-order valence-electron chi connectivity index (χ2n) is 2.98. The van der Waals surface area contributed by atoms with E-state index in [1.54, 1.807) is 0 Å². The number of rotatable bonds is 5. The lowest BCUT2D eigenvalue weighted by atomic mass is 10.2. The highest BCUT2D eigenvalue weighted by Crippen LogP contribution is 2.13. The van der Waals surface area contributed by atoms with Crippen LogP contribution >= 0.6 is 0 Å². The molecule has 0 aliphatic carbocycles. The van der Waals surface area contributed by atoms with Gasteiger partial charge < -0.3 is 9.69 Å². The Bertz CT molecular complexity index is 346. The molecule has 0 fully saturated rings. The summed E-state index contributed by atoms with van der Waals surface area (Å²) >= 11 is 0. The molecule has 3 nitrogen and oxygen atoms in total. The topological polar surface area (TPSA) is 37.4 Å². The van der Waals surface area contributed by atoms with Gasteiger partial charge in [-0.25, -0.2) is 0 Å². The van der Waals surface area contributed by atoms with Crippen LogP contribution in [-0.2, 0) is 9.59 Å². The van der Waals surface area contributed by atoms with Crippen molar-refractivity contribution in [2.75, 3.05) is 11.4 Å². The van der Waals surface area contributed by atoms with E-state index in [9.17, 15) is 9.59 Å². The molecule has 1 aromatic rings. The Kier molecular flexibility index (Phi) is 4.29. The zero-order valence-electron chi connectivity index (χ0n) is 8.43. The number of nitrogens with zero attached hydrogens (tertiary/aromatic N) is 1. The van der Waals surface area contributed by atoms with Crippen LogP contribution in [0.2, 0.25) is 0 Å². The molecule has 0 bridgehead atoms. The lowest BCUT2D eigenvalue weighted by Crippen LogP contribution is -2.30. The van der Waals surface area contributed by atoms with Gasteiger partial charge in [0.05, 0.1) is 0 Å². The van der Waals surface area contributed by atoms with Crippen molar-refractivity contribution in [3.05, 3.63) is 43.0 Å². The largest absolute Gasteiger partial charge is 0.308 e. The van der Waals surface area contributed by atoms with Crippen LogP contribution in [0.5, 0.6) is 0 Å². The number of aldehydes is 1. The molecule has 0 saturated carbocycles. The monoisotopic (exact) mass is 203 g/mol. The summed E-state index contributed by atoms with van der Waals surface area (Å²) in [4.78, 5) is 23.3. The Hall–Kier alpha value is -1.90. The van der Waals surface area contributed by atoms with Gasteiger partial charge in [0.1, 0.15) is 6.29 Å². The van der Waals surface area contributed by atoms with Gasteiger partial charge in [-0.2, -0.15) is 0 Å². The maximum absolute atomic E-state index is 11.5. The van der Waals surface area contributed by atoms with Gasteiger partial charge in [0.2, 0.25) is 5.91 Å². The highest BCUT2D eigenvalue weighted by molar-refractivity contribution is 6.01. The van der Waals surface area contributed by atoms with E-state index in [0.717, 1.165) is 12.0 Å². The lowest BCUT2D eigenvalue weighted by molar-refractivity contribution is -0.114. The highest BCUT2D eigenvalue weighted by atomic mass is 16.2. The first kappa shape index (κ1) is 11.2. The first-order valence-corrected chi connectivity index (χ1v) is 4.72. The van der Waals surface area contributed by atoms with Crippen molar-refractivity contribution in [3.8, 4) is 0 Å². The van der Waals surface area contributed by atoms with Crippen LogP contribution in [-0.4, -0.2) is 18.7 Å². The SMILES string of the molecule is C=CC(=O)N(CCC=O)c1ccccc1. The van der Waals surface area contributed by atoms with Crippen molar-refractivity contribution in [1.29, 1.82) is 0 Å². The third-order valence-corrected chi connectivity index (χ3v) is 1.98. The molecular formula is C12H13NO2. The molecule has 1 amide bonds. The number of hydrogen-bond acceptors (Lipinski definition) is 2. The van der Waals surface area contributed by atoms with Gasteiger partial charge in [-0.1, -0.05) is 24.8 Å². The van der Waals surface area contributed by atoms with Gasteiger partial charge in [-0.15, -0.1) is 0 Å². The molecule has 1 rings (SSSR count). The number of hydrogen-bond donors (Lipinski definition) is 0. The minimum Gasteiger partial charge on any atom is -0.308 e. The fraction of sp³-hybridized carbons (Fsp3) is 0.167. The quantitative estimate of drug-likeness (QED) is 0.540. The zero-order valence-corrected chi connectivity index (χ0v) is 8.43. The molecule has 0 radical (unpaired) electrons. The first-order chi connectivity index (χ1) is 7.29. The standard InChI is InChI=1S/C12H13NO2/c1-2-12(15)13(9-6-10-14)11-7-4-3-5-8-11/h2-5,7-8,10H,1,6,9H2. The zero-order chi connectivity index (χ0) is 11.1. The molecule has 0 unspecified atom stereocenters. The summed E-state index contributed by atoms with van der Waals surface area (Å²) in [6, 6.07) is 9.22. The Balaban J connectivity index is 2.85. The van der Waals surface area contributed by atoms with Crippen molar-refractivity contribution in [1.82, 2.24) is 0 Å². The van der Waals surface area contributed by atoms with Crippen LogP contribution in [0.15, 0.2) is 43.0 Å². The highest BCUT2D eigenvalue weighted by Gasteiger charge is 2.10. The average molecular weight is 203 g/mol. The van der Waals surface area contributed by atoms with Crippen LogP contribution in [0.25, 0.3) is 0 Å². The number of para-hydroxylation sites is 1. The second-order valence-corrected chi connectivity index (χ2v) is 2.98. The normalized spacial score (nSPS) is 9.33. The molecule has 3 heteroatoms. The Morgan fingerprint density at radius 2 is 2.00 bits per heavy atom. The fourth-order valence-corrected chi connectivity index (χ4v) is 1.27. The van der Waals surface area contributed by atoms with E-state index < -0.39 is 0 Å². The molecule has 0 heterocycles. The number of amides is 1. The van der Waals surface area contributed by atoms with Gasteiger partial charge in [-0.3, -0.25) is 4.79 Å². The average Bonchev–Trinajstić information content (AvgIpc) is 2.30.